The number of nitrogens with zero attached hydrogens (tertiary/aromatic N) is 2. The first-order valence-corrected chi connectivity index (χ1v) is 11.7. The monoisotopic (exact) mass is 456 g/mol. The van der Waals surface area contributed by atoms with Crippen LogP contribution in [-0.2, 0) is 14.9 Å². The summed E-state index contributed by atoms with van der Waals surface area (Å²) in [6.07, 6.45) is 0.289. The fraction of sp³-hybridized carbons (Fsp3) is 0.208. The van der Waals surface area contributed by atoms with Crippen LogP contribution >= 0.6 is 0 Å². The Balaban J connectivity index is 1.47. The summed E-state index contributed by atoms with van der Waals surface area (Å²) in [6.45, 7) is 0.460. The molecule has 0 saturated carbocycles. The molecule has 32 heavy (non-hydrogen) atoms. The van der Waals surface area contributed by atoms with Crippen LogP contribution in [0.4, 0.5) is 8.78 Å². The fourth-order valence-corrected chi connectivity index (χ4v) is 5.03. The number of sulfonamides is 1. The van der Waals surface area contributed by atoms with Crippen molar-refractivity contribution in [3.8, 4) is 0 Å². The maximum atomic E-state index is 13.5. The molecule has 0 N–H and O–H groups in total. The number of hydrogen-bond donors (Lipinski definition) is 0. The zero-order valence-corrected chi connectivity index (χ0v) is 18.0. The summed E-state index contributed by atoms with van der Waals surface area (Å²) in [5.41, 5.74) is 2.36. The number of benzene rings is 3. The molecule has 1 heterocycles. The van der Waals surface area contributed by atoms with Crippen molar-refractivity contribution < 1.29 is 22.0 Å². The SMILES string of the molecule is O=S(=O)(c1cccc(F)c1)N1CCC(=NOC(c2ccccc2)c2ccc(F)cc2)CC1. The normalized spacial score (nSPS) is 15.9. The van der Waals surface area contributed by atoms with E-state index in [1.807, 2.05) is 30.3 Å². The molecule has 1 atom stereocenters. The van der Waals surface area contributed by atoms with Crippen LogP contribution in [0.3, 0.4) is 0 Å². The Kier molecular flexibility index (Phi) is 6.62. The maximum absolute atomic E-state index is 13.5. The minimum absolute atomic E-state index is 0.0606. The first kappa shape index (κ1) is 22.1. The van der Waals surface area contributed by atoms with Crippen molar-refractivity contribution in [2.45, 2.75) is 23.8 Å². The molecule has 0 aromatic heterocycles. The van der Waals surface area contributed by atoms with Crippen LogP contribution in [0, 0.1) is 11.6 Å². The quantitative estimate of drug-likeness (QED) is 0.495. The van der Waals surface area contributed by atoms with Gasteiger partial charge in [0.25, 0.3) is 0 Å². The molecular weight excluding hydrogens is 434 g/mol. The molecule has 4 rings (SSSR count). The van der Waals surface area contributed by atoms with Crippen LogP contribution in [0.1, 0.15) is 30.1 Å². The molecular formula is C24H22F2N2O3S. The van der Waals surface area contributed by atoms with E-state index < -0.39 is 21.9 Å². The standard InChI is InChI=1S/C24H22F2N2O3S/c25-20-11-9-19(10-12-20)24(18-5-2-1-3-6-18)31-27-22-13-15-28(16-14-22)32(29,30)23-8-4-7-21(26)17-23/h1-12,17,24H,13-16H2. The Hall–Kier alpha value is -3.10. The Bertz CT molecular complexity index is 1190. The molecule has 166 valence electrons. The first-order chi connectivity index (χ1) is 15.4. The third-order valence-electron chi connectivity index (χ3n) is 5.30. The Morgan fingerprint density at radius 3 is 2.12 bits per heavy atom. The van der Waals surface area contributed by atoms with Gasteiger partial charge in [-0.3, -0.25) is 0 Å². The lowest BCUT2D eigenvalue weighted by Crippen LogP contribution is -2.38. The largest absolute Gasteiger partial charge is 0.383 e. The summed E-state index contributed by atoms with van der Waals surface area (Å²) in [4.78, 5) is 5.80. The lowest BCUT2D eigenvalue weighted by molar-refractivity contribution is 0.0856. The second-order valence-corrected chi connectivity index (χ2v) is 9.40. The molecule has 1 fully saturated rings. The Morgan fingerprint density at radius 2 is 1.47 bits per heavy atom. The van der Waals surface area contributed by atoms with Gasteiger partial charge in [-0.25, -0.2) is 17.2 Å². The van der Waals surface area contributed by atoms with Gasteiger partial charge in [-0.15, -0.1) is 0 Å². The van der Waals surface area contributed by atoms with E-state index in [-0.39, 0.29) is 23.8 Å². The second-order valence-electron chi connectivity index (χ2n) is 7.47. The second kappa shape index (κ2) is 9.58. The first-order valence-electron chi connectivity index (χ1n) is 10.2. The van der Waals surface area contributed by atoms with Crippen molar-refractivity contribution in [3.63, 3.8) is 0 Å². The molecule has 0 amide bonds. The van der Waals surface area contributed by atoms with Gasteiger partial charge in [-0.05, 0) is 41.5 Å². The van der Waals surface area contributed by atoms with E-state index in [1.54, 1.807) is 12.1 Å². The molecule has 1 aliphatic rings. The van der Waals surface area contributed by atoms with Crippen molar-refractivity contribution in [1.82, 2.24) is 4.31 Å². The van der Waals surface area contributed by atoms with Crippen molar-refractivity contribution >= 4 is 15.7 Å². The highest BCUT2D eigenvalue weighted by Crippen LogP contribution is 2.27. The molecule has 8 heteroatoms. The molecule has 0 spiro atoms. The average Bonchev–Trinajstić information content (AvgIpc) is 2.81. The van der Waals surface area contributed by atoms with E-state index >= 15 is 0 Å². The van der Waals surface area contributed by atoms with Crippen LogP contribution in [0.2, 0.25) is 0 Å². The molecule has 1 aliphatic heterocycles. The third-order valence-corrected chi connectivity index (χ3v) is 7.19. The molecule has 0 radical (unpaired) electrons. The minimum atomic E-state index is -3.77. The van der Waals surface area contributed by atoms with E-state index in [4.69, 9.17) is 4.84 Å². The summed E-state index contributed by atoms with van der Waals surface area (Å²) < 4.78 is 53.7. The highest BCUT2D eigenvalue weighted by molar-refractivity contribution is 7.89. The van der Waals surface area contributed by atoms with Crippen LogP contribution in [0.5, 0.6) is 0 Å². The summed E-state index contributed by atoms with van der Waals surface area (Å²) in [7, 11) is -3.77. The van der Waals surface area contributed by atoms with E-state index in [1.165, 1.54) is 34.6 Å². The Morgan fingerprint density at radius 1 is 0.812 bits per heavy atom. The van der Waals surface area contributed by atoms with Gasteiger partial charge in [-0.1, -0.05) is 53.7 Å². The number of hydrogen-bond acceptors (Lipinski definition) is 4. The molecule has 1 saturated heterocycles. The van der Waals surface area contributed by atoms with Gasteiger partial charge in [0.05, 0.1) is 10.6 Å². The number of piperidine rings is 1. The van der Waals surface area contributed by atoms with E-state index in [2.05, 4.69) is 5.16 Å². The summed E-state index contributed by atoms with van der Waals surface area (Å²) in [5, 5.41) is 4.30. The third kappa shape index (κ3) is 5.03. The summed E-state index contributed by atoms with van der Waals surface area (Å²) in [6, 6.07) is 20.5. The number of rotatable bonds is 6. The summed E-state index contributed by atoms with van der Waals surface area (Å²) >= 11 is 0. The maximum Gasteiger partial charge on any atom is 0.243 e. The van der Waals surface area contributed by atoms with Crippen molar-refractivity contribution in [2.75, 3.05) is 13.1 Å². The van der Waals surface area contributed by atoms with Gasteiger partial charge in [0, 0.05) is 25.9 Å². The van der Waals surface area contributed by atoms with Gasteiger partial charge >= 0.3 is 0 Å². The number of halogens is 2. The van der Waals surface area contributed by atoms with Crippen LogP contribution in [-0.4, -0.2) is 31.5 Å². The zero-order chi connectivity index (χ0) is 22.6. The predicted molar refractivity (Wildman–Crippen MR) is 118 cm³/mol. The lowest BCUT2D eigenvalue weighted by atomic mass is 10.0. The van der Waals surface area contributed by atoms with Gasteiger partial charge < -0.3 is 4.84 Å². The van der Waals surface area contributed by atoms with Crippen molar-refractivity contribution in [2.24, 2.45) is 5.16 Å². The van der Waals surface area contributed by atoms with Crippen LogP contribution in [0.15, 0.2) is 88.9 Å². The zero-order valence-electron chi connectivity index (χ0n) is 17.2. The molecule has 3 aromatic rings. The van der Waals surface area contributed by atoms with Gasteiger partial charge in [-0.2, -0.15) is 4.31 Å². The molecule has 0 bridgehead atoms. The molecule has 1 unspecified atom stereocenters. The smallest absolute Gasteiger partial charge is 0.243 e. The van der Waals surface area contributed by atoms with E-state index in [0.29, 0.717) is 12.8 Å². The van der Waals surface area contributed by atoms with E-state index in [9.17, 15) is 17.2 Å². The fourth-order valence-electron chi connectivity index (χ4n) is 3.56. The topological polar surface area (TPSA) is 59.0 Å². The minimum Gasteiger partial charge on any atom is -0.383 e. The number of oxime groups is 1. The summed E-state index contributed by atoms with van der Waals surface area (Å²) in [5.74, 6) is -0.926. The average molecular weight is 457 g/mol. The van der Waals surface area contributed by atoms with Crippen molar-refractivity contribution in [1.29, 1.82) is 0 Å². The van der Waals surface area contributed by atoms with Crippen molar-refractivity contribution in [3.05, 3.63) is 102 Å². The molecule has 5 nitrogen and oxygen atoms in total. The van der Waals surface area contributed by atoms with Crippen LogP contribution in [0.25, 0.3) is 0 Å². The highest BCUT2D eigenvalue weighted by atomic mass is 32.2. The van der Waals surface area contributed by atoms with Gasteiger partial charge in [0.15, 0.2) is 6.10 Å². The van der Waals surface area contributed by atoms with Crippen LogP contribution < -0.4 is 0 Å². The van der Waals surface area contributed by atoms with Gasteiger partial charge in [0.1, 0.15) is 11.6 Å². The van der Waals surface area contributed by atoms with E-state index in [0.717, 1.165) is 22.9 Å². The molecule has 0 aliphatic carbocycles. The van der Waals surface area contributed by atoms with Gasteiger partial charge in [0.2, 0.25) is 10.0 Å². The Labute approximate surface area is 186 Å². The highest BCUT2D eigenvalue weighted by Gasteiger charge is 2.28. The molecule has 3 aromatic carbocycles. The predicted octanol–water partition coefficient (Wildman–Crippen LogP) is 4.91. The lowest BCUT2D eigenvalue weighted by Gasteiger charge is -2.27.